The fourth-order valence-electron chi connectivity index (χ4n) is 2.62. The van der Waals surface area contributed by atoms with Crippen LogP contribution in [0.2, 0.25) is 5.15 Å². The van der Waals surface area contributed by atoms with Crippen molar-refractivity contribution in [3.8, 4) is 0 Å². The summed E-state index contributed by atoms with van der Waals surface area (Å²) in [6.07, 6.45) is 4.85. The van der Waals surface area contributed by atoms with Gasteiger partial charge in [0.05, 0.1) is 16.9 Å². The first kappa shape index (κ1) is 17.9. The molecule has 24 heavy (non-hydrogen) atoms. The van der Waals surface area contributed by atoms with E-state index in [1.54, 1.807) is 0 Å². The number of rotatable bonds is 3. The lowest BCUT2D eigenvalue weighted by Gasteiger charge is -2.19. The van der Waals surface area contributed by atoms with E-state index in [0.717, 1.165) is 27.4 Å². The van der Waals surface area contributed by atoms with Crippen LogP contribution in [0, 0.1) is 8.99 Å². The Labute approximate surface area is 159 Å². The molecule has 3 rings (SSSR count). The molecular formula is C16H19ClIN3O3. The molecule has 3 heterocycles. The Kier molecular flexibility index (Phi) is 5.04. The highest BCUT2D eigenvalue weighted by molar-refractivity contribution is 14.1. The summed E-state index contributed by atoms with van der Waals surface area (Å²) in [6.45, 7) is 5.79. The van der Waals surface area contributed by atoms with Crippen molar-refractivity contribution in [2.45, 2.75) is 45.9 Å². The van der Waals surface area contributed by atoms with Gasteiger partial charge in [-0.15, -0.1) is 0 Å². The number of hydrogen-bond acceptors (Lipinski definition) is 5. The van der Waals surface area contributed by atoms with Gasteiger partial charge in [0.15, 0.2) is 0 Å². The van der Waals surface area contributed by atoms with Crippen molar-refractivity contribution >= 4 is 51.2 Å². The second-order valence-corrected chi connectivity index (χ2v) is 8.41. The minimum absolute atomic E-state index is 0.103. The van der Waals surface area contributed by atoms with Crippen LogP contribution in [0.4, 0.5) is 0 Å². The van der Waals surface area contributed by atoms with E-state index in [1.165, 1.54) is 6.33 Å². The minimum atomic E-state index is -0.502. The van der Waals surface area contributed by atoms with Gasteiger partial charge in [-0.1, -0.05) is 11.6 Å². The van der Waals surface area contributed by atoms with Crippen LogP contribution in [0.1, 0.15) is 39.8 Å². The summed E-state index contributed by atoms with van der Waals surface area (Å²) in [5, 5.41) is 1.28. The van der Waals surface area contributed by atoms with Crippen molar-refractivity contribution in [1.82, 2.24) is 14.5 Å². The molecule has 0 bridgehead atoms. The third-order valence-electron chi connectivity index (χ3n) is 3.92. The molecule has 0 N–H and O–H groups in total. The first-order chi connectivity index (χ1) is 11.3. The Morgan fingerprint density at radius 3 is 2.92 bits per heavy atom. The maximum atomic E-state index is 11.9. The quantitative estimate of drug-likeness (QED) is 0.392. The Balaban J connectivity index is 1.71. The molecule has 0 unspecified atom stereocenters. The van der Waals surface area contributed by atoms with Gasteiger partial charge in [-0.2, -0.15) is 0 Å². The van der Waals surface area contributed by atoms with Gasteiger partial charge in [0.2, 0.25) is 0 Å². The maximum absolute atomic E-state index is 11.9. The van der Waals surface area contributed by atoms with Gasteiger partial charge in [-0.3, -0.25) is 4.79 Å². The number of halogens is 2. The summed E-state index contributed by atoms with van der Waals surface area (Å²) in [5.41, 5.74) is 0.259. The van der Waals surface area contributed by atoms with E-state index in [4.69, 9.17) is 21.1 Å². The van der Waals surface area contributed by atoms with Crippen molar-refractivity contribution in [2.75, 3.05) is 6.61 Å². The summed E-state index contributed by atoms with van der Waals surface area (Å²) in [5.74, 6) is -0.213. The number of carbonyl (C=O) groups excluding carboxylic acids is 1. The highest BCUT2D eigenvalue weighted by Gasteiger charge is 2.31. The lowest BCUT2D eigenvalue weighted by molar-refractivity contribution is -0.157. The van der Waals surface area contributed by atoms with Gasteiger partial charge in [0.25, 0.3) is 0 Å². The van der Waals surface area contributed by atoms with Crippen molar-refractivity contribution in [3.63, 3.8) is 0 Å². The standard InChI is InChI=1S/C16H19ClIN3O3/c1-16(2,3)15(22)23-7-9-4-5-11(24-9)21-6-10(18)12-13(17)19-8-20-14(12)21/h6,8-9,11H,4-5,7H2,1-3H3/t9-,11+/m0/s1. The molecule has 1 aliphatic rings. The van der Waals surface area contributed by atoms with Gasteiger partial charge < -0.3 is 14.0 Å². The SMILES string of the molecule is CC(C)(C)C(=O)OC[C@@H]1CC[C@H](n2cc(I)c3c(Cl)ncnc32)O1. The molecule has 6 nitrogen and oxygen atoms in total. The number of ether oxygens (including phenoxy) is 2. The number of hydrogen-bond donors (Lipinski definition) is 0. The fourth-order valence-corrected chi connectivity index (χ4v) is 3.81. The van der Waals surface area contributed by atoms with Crippen molar-refractivity contribution < 1.29 is 14.3 Å². The third kappa shape index (κ3) is 3.52. The van der Waals surface area contributed by atoms with E-state index >= 15 is 0 Å². The van der Waals surface area contributed by atoms with E-state index in [2.05, 4.69) is 32.6 Å². The normalized spacial score (nSPS) is 21.4. The van der Waals surface area contributed by atoms with Gasteiger partial charge in [-0.25, -0.2) is 9.97 Å². The molecule has 2 aromatic heterocycles. The monoisotopic (exact) mass is 463 g/mol. The fraction of sp³-hybridized carbons (Fsp3) is 0.562. The molecule has 1 saturated heterocycles. The predicted octanol–water partition coefficient (Wildman–Crippen LogP) is 3.96. The number of esters is 1. The van der Waals surface area contributed by atoms with Crippen molar-refractivity contribution in [1.29, 1.82) is 0 Å². The van der Waals surface area contributed by atoms with Crippen LogP contribution in [0.25, 0.3) is 11.0 Å². The average molecular weight is 464 g/mol. The van der Waals surface area contributed by atoms with E-state index in [9.17, 15) is 4.79 Å². The summed E-state index contributed by atoms with van der Waals surface area (Å²) in [7, 11) is 0. The molecule has 2 aromatic rings. The molecule has 8 heteroatoms. The maximum Gasteiger partial charge on any atom is 0.311 e. The summed E-state index contributed by atoms with van der Waals surface area (Å²) >= 11 is 8.39. The Morgan fingerprint density at radius 2 is 2.21 bits per heavy atom. The first-order valence-corrected chi connectivity index (χ1v) is 9.22. The van der Waals surface area contributed by atoms with Crippen LogP contribution in [0.15, 0.2) is 12.5 Å². The van der Waals surface area contributed by atoms with Gasteiger partial charge in [-0.05, 0) is 56.2 Å². The molecule has 0 aromatic carbocycles. The lowest BCUT2D eigenvalue weighted by Crippen LogP contribution is -2.27. The molecule has 1 aliphatic heterocycles. The van der Waals surface area contributed by atoms with Crippen LogP contribution < -0.4 is 0 Å². The zero-order valence-corrected chi connectivity index (χ0v) is 16.7. The van der Waals surface area contributed by atoms with E-state index < -0.39 is 5.41 Å². The van der Waals surface area contributed by atoms with Crippen molar-refractivity contribution in [2.24, 2.45) is 5.41 Å². The number of nitrogens with zero attached hydrogens (tertiary/aromatic N) is 3. The average Bonchev–Trinajstić information content (AvgIpc) is 3.09. The Bertz CT molecular complexity index is 772. The highest BCUT2D eigenvalue weighted by Crippen LogP contribution is 2.35. The molecular weight excluding hydrogens is 445 g/mol. The molecule has 0 aliphatic carbocycles. The van der Waals surface area contributed by atoms with E-state index in [-0.39, 0.29) is 24.9 Å². The molecule has 130 valence electrons. The van der Waals surface area contributed by atoms with Gasteiger partial charge in [0, 0.05) is 9.77 Å². The minimum Gasteiger partial charge on any atom is -0.463 e. The third-order valence-corrected chi connectivity index (χ3v) is 5.03. The zero-order valence-electron chi connectivity index (χ0n) is 13.8. The van der Waals surface area contributed by atoms with Gasteiger partial charge >= 0.3 is 5.97 Å². The molecule has 1 fully saturated rings. The summed E-state index contributed by atoms with van der Waals surface area (Å²) in [6, 6.07) is 0. The molecule has 0 saturated carbocycles. The Hall–Kier alpha value is -0.930. The Morgan fingerprint density at radius 1 is 1.46 bits per heavy atom. The van der Waals surface area contributed by atoms with E-state index in [1.807, 2.05) is 31.5 Å². The number of aromatic nitrogens is 3. The molecule has 0 radical (unpaired) electrons. The van der Waals surface area contributed by atoms with Crippen LogP contribution in [0.5, 0.6) is 0 Å². The van der Waals surface area contributed by atoms with Crippen molar-refractivity contribution in [3.05, 3.63) is 21.2 Å². The highest BCUT2D eigenvalue weighted by atomic mass is 127. The molecule has 0 spiro atoms. The topological polar surface area (TPSA) is 66.2 Å². The second-order valence-electron chi connectivity index (χ2n) is 6.89. The number of carbonyl (C=O) groups is 1. The smallest absolute Gasteiger partial charge is 0.311 e. The lowest BCUT2D eigenvalue weighted by atomic mass is 9.97. The predicted molar refractivity (Wildman–Crippen MR) is 98.8 cm³/mol. The van der Waals surface area contributed by atoms with Crippen LogP contribution in [0.3, 0.4) is 0 Å². The first-order valence-electron chi connectivity index (χ1n) is 7.76. The zero-order chi connectivity index (χ0) is 17.5. The summed E-state index contributed by atoms with van der Waals surface area (Å²) in [4.78, 5) is 20.2. The molecule has 0 amide bonds. The second kappa shape index (κ2) is 6.76. The number of fused-ring (bicyclic) bond motifs is 1. The molecule has 2 atom stereocenters. The van der Waals surface area contributed by atoms with E-state index in [0.29, 0.717) is 5.15 Å². The van der Waals surface area contributed by atoms with Crippen LogP contribution >= 0.6 is 34.2 Å². The van der Waals surface area contributed by atoms with Gasteiger partial charge in [0.1, 0.15) is 30.0 Å². The summed E-state index contributed by atoms with van der Waals surface area (Å²) < 4.78 is 14.4. The largest absolute Gasteiger partial charge is 0.463 e. The van der Waals surface area contributed by atoms with Crippen LogP contribution in [-0.2, 0) is 14.3 Å². The van der Waals surface area contributed by atoms with Crippen LogP contribution in [-0.4, -0.2) is 33.2 Å².